The van der Waals surface area contributed by atoms with Crippen molar-refractivity contribution in [3.8, 4) is 0 Å². The van der Waals surface area contributed by atoms with Crippen LogP contribution in [0.5, 0.6) is 0 Å². The first-order valence-electron chi connectivity index (χ1n) is 4.52. The molecule has 1 unspecified atom stereocenters. The third-order valence-corrected chi connectivity index (χ3v) is 2.61. The van der Waals surface area contributed by atoms with Crippen molar-refractivity contribution in [3.05, 3.63) is 24.3 Å². The van der Waals surface area contributed by atoms with Gasteiger partial charge in [0, 0.05) is 29.6 Å². The van der Waals surface area contributed by atoms with Crippen molar-refractivity contribution in [1.82, 2.24) is 0 Å². The maximum Gasteiger partial charge on any atom is 0.228 e. The Hall–Kier alpha value is -1.00. The van der Waals surface area contributed by atoms with E-state index >= 15 is 0 Å². The van der Waals surface area contributed by atoms with Crippen molar-refractivity contribution in [2.45, 2.75) is 17.4 Å². The van der Waals surface area contributed by atoms with Crippen molar-refractivity contribution >= 4 is 24.2 Å². The molecule has 3 nitrogen and oxygen atoms in total. The molecule has 0 aliphatic carbocycles. The Morgan fingerprint density at radius 3 is 2.50 bits per heavy atom. The highest BCUT2D eigenvalue weighted by Gasteiger charge is 2.27. The van der Waals surface area contributed by atoms with E-state index in [2.05, 4.69) is 12.6 Å². The zero-order chi connectivity index (χ0) is 10.1. The summed E-state index contributed by atoms with van der Waals surface area (Å²) in [5.41, 5.74) is 6.61. The minimum Gasteiger partial charge on any atom is -0.326 e. The van der Waals surface area contributed by atoms with Crippen molar-refractivity contribution in [1.29, 1.82) is 0 Å². The lowest BCUT2D eigenvalue weighted by molar-refractivity contribution is -0.117. The van der Waals surface area contributed by atoms with E-state index < -0.39 is 0 Å². The van der Waals surface area contributed by atoms with E-state index in [-0.39, 0.29) is 11.9 Å². The summed E-state index contributed by atoms with van der Waals surface area (Å²) in [7, 11) is 0. The van der Waals surface area contributed by atoms with Gasteiger partial charge in [-0.3, -0.25) is 4.79 Å². The average Bonchev–Trinajstić information content (AvgIpc) is 2.47. The summed E-state index contributed by atoms with van der Waals surface area (Å²) in [5.74, 6) is 0.101. The lowest BCUT2D eigenvalue weighted by Gasteiger charge is -2.15. The van der Waals surface area contributed by atoms with Gasteiger partial charge in [0.2, 0.25) is 5.91 Å². The molecule has 1 saturated heterocycles. The third kappa shape index (κ3) is 1.76. The fourth-order valence-corrected chi connectivity index (χ4v) is 1.77. The molecule has 1 atom stereocenters. The van der Waals surface area contributed by atoms with Crippen LogP contribution in [0.3, 0.4) is 0 Å². The molecule has 1 heterocycles. The first-order chi connectivity index (χ1) is 6.66. The SMILES string of the molecule is NC1CC(=O)N(c2ccc(S)cc2)C1. The molecule has 1 aliphatic rings. The normalized spacial score (nSPS) is 21.7. The predicted molar refractivity (Wildman–Crippen MR) is 58.6 cm³/mol. The van der Waals surface area contributed by atoms with E-state index in [1.807, 2.05) is 24.3 Å². The van der Waals surface area contributed by atoms with Gasteiger partial charge in [0.1, 0.15) is 0 Å². The molecule has 1 aromatic rings. The maximum atomic E-state index is 11.5. The molecule has 1 aromatic carbocycles. The van der Waals surface area contributed by atoms with Crippen molar-refractivity contribution < 1.29 is 4.79 Å². The highest BCUT2D eigenvalue weighted by atomic mass is 32.1. The van der Waals surface area contributed by atoms with Crippen LogP contribution in [-0.4, -0.2) is 18.5 Å². The van der Waals surface area contributed by atoms with Gasteiger partial charge in [-0.25, -0.2) is 0 Å². The minimum atomic E-state index is -0.0295. The molecule has 0 bridgehead atoms. The van der Waals surface area contributed by atoms with Crippen LogP contribution in [0.2, 0.25) is 0 Å². The standard InChI is InChI=1S/C10H12N2OS/c11-7-5-10(13)12(6-7)8-1-3-9(14)4-2-8/h1-4,7,14H,5-6,11H2. The molecule has 1 fully saturated rings. The van der Waals surface area contributed by atoms with E-state index in [1.165, 1.54) is 0 Å². The second kappa shape index (κ2) is 3.63. The van der Waals surface area contributed by atoms with Gasteiger partial charge in [0.25, 0.3) is 0 Å². The highest BCUT2D eigenvalue weighted by Crippen LogP contribution is 2.21. The van der Waals surface area contributed by atoms with Crippen LogP contribution in [0.1, 0.15) is 6.42 Å². The second-order valence-electron chi connectivity index (χ2n) is 3.48. The van der Waals surface area contributed by atoms with Gasteiger partial charge in [-0.2, -0.15) is 0 Å². The summed E-state index contributed by atoms with van der Waals surface area (Å²) in [6.45, 7) is 0.616. The van der Waals surface area contributed by atoms with E-state index in [1.54, 1.807) is 4.90 Å². The molecule has 4 heteroatoms. The van der Waals surface area contributed by atoms with Crippen LogP contribution in [-0.2, 0) is 4.79 Å². The molecule has 0 saturated carbocycles. The number of benzene rings is 1. The van der Waals surface area contributed by atoms with Crippen LogP contribution in [0.4, 0.5) is 5.69 Å². The minimum absolute atomic E-state index is 0.0295. The number of nitrogens with two attached hydrogens (primary N) is 1. The zero-order valence-electron chi connectivity index (χ0n) is 7.68. The largest absolute Gasteiger partial charge is 0.326 e. The molecule has 1 amide bonds. The van der Waals surface area contributed by atoms with Crippen molar-refractivity contribution in [2.24, 2.45) is 5.73 Å². The highest BCUT2D eigenvalue weighted by molar-refractivity contribution is 7.80. The number of hydrogen-bond acceptors (Lipinski definition) is 3. The summed E-state index contributed by atoms with van der Waals surface area (Å²) >= 11 is 4.19. The van der Waals surface area contributed by atoms with E-state index in [4.69, 9.17) is 5.73 Å². The summed E-state index contributed by atoms with van der Waals surface area (Å²) < 4.78 is 0. The van der Waals surface area contributed by atoms with Crippen LogP contribution < -0.4 is 10.6 Å². The predicted octanol–water partition coefficient (Wildman–Crippen LogP) is 1.04. The zero-order valence-corrected chi connectivity index (χ0v) is 8.58. The van der Waals surface area contributed by atoms with E-state index in [0.29, 0.717) is 13.0 Å². The Balaban J connectivity index is 2.23. The number of rotatable bonds is 1. The first kappa shape index (κ1) is 9.55. The molecule has 74 valence electrons. The maximum absolute atomic E-state index is 11.5. The van der Waals surface area contributed by atoms with Gasteiger partial charge in [-0.15, -0.1) is 12.6 Å². The van der Waals surface area contributed by atoms with E-state index in [9.17, 15) is 4.79 Å². The van der Waals surface area contributed by atoms with Gasteiger partial charge in [-0.1, -0.05) is 0 Å². The number of thiol groups is 1. The van der Waals surface area contributed by atoms with Crippen molar-refractivity contribution in [3.63, 3.8) is 0 Å². The second-order valence-corrected chi connectivity index (χ2v) is 4.00. The molecular weight excluding hydrogens is 196 g/mol. The molecule has 0 aromatic heterocycles. The first-order valence-corrected chi connectivity index (χ1v) is 4.96. The van der Waals surface area contributed by atoms with Crippen LogP contribution in [0, 0.1) is 0 Å². The quantitative estimate of drug-likeness (QED) is 0.677. The number of carbonyl (C=O) groups is 1. The van der Waals surface area contributed by atoms with Gasteiger partial charge >= 0.3 is 0 Å². The Morgan fingerprint density at radius 1 is 1.36 bits per heavy atom. The Bertz CT molecular complexity index is 350. The molecular formula is C10H12N2OS. The van der Waals surface area contributed by atoms with Crippen LogP contribution >= 0.6 is 12.6 Å². The smallest absolute Gasteiger partial charge is 0.228 e. The summed E-state index contributed by atoms with van der Waals surface area (Å²) in [4.78, 5) is 14.1. The third-order valence-electron chi connectivity index (χ3n) is 2.32. The fourth-order valence-electron chi connectivity index (χ4n) is 1.62. The van der Waals surface area contributed by atoms with Gasteiger partial charge in [-0.05, 0) is 24.3 Å². The van der Waals surface area contributed by atoms with Gasteiger partial charge < -0.3 is 10.6 Å². The lowest BCUT2D eigenvalue weighted by Crippen LogP contribution is -2.27. The van der Waals surface area contributed by atoms with Gasteiger partial charge in [0.05, 0.1) is 0 Å². The molecule has 0 radical (unpaired) electrons. The topological polar surface area (TPSA) is 46.3 Å². The van der Waals surface area contributed by atoms with Gasteiger partial charge in [0.15, 0.2) is 0 Å². The fraction of sp³-hybridized carbons (Fsp3) is 0.300. The summed E-state index contributed by atoms with van der Waals surface area (Å²) in [5, 5.41) is 0. The van der Waals surface area contributed by atoms with E-state index in [0.717, 1.165) is 10.6 Å². The summed E-state index contributed by atoms with van der Waals surface area (Å²) in [6.07, 6.45) is 0.447. The molecule has 2 N–H and O–H groups in total. The lowest BCUT2D eigenvalue weighted by atomic mass is 10.3. The average molecular weight is 208 g/mol. The summed E-state index contributed by atoms with van der Waals surface area (Å²) in [6, 6.07) is 7.49. The Kier molecular flexibility index (Phi) is 2.48. The number of carbonyl (C=O) groups excluding carboxylic acids is 1. The number of amides is 1. The monoisotopic (exact) mass is 208 g/mol. The van der Waals surface area contributed by atoms with Crippen LogP contribution in [0.15, 0.2) is 29.2 Å². The van der Waals surface area contributed by atoms with Crippen LogP contribution in [0.25, 0.3) is 0 Å². The Morgan fingerprint density at radius 2 is 2.00 bits per heavy atom. The molecule has 1 aliphatic heterocycles. The molecule has 0 spiro atoms. The Labute approximate surface area is 88.3 Å². The number of anilines is 1. The number of hydrogen-bond donors (Lipinski definition) is 2. The van der Waals surface area contributed by atoms with Crippen molar-refractivity contribution in [2.75, 3.05) is 11.4 Å². The molecule has 2 rings (SSSR count). The molecule has 14 heavy (non-hydrogen) atoms. The number of nitrogens with zero attached hydrogens (tertiary/aromatic N) is 1.